The van der Waals surface area contributed by atoms with Crippen molar-refractivity contribution >= 4 is 0 Å². The van der Waals surface area contributed by atoms with Crippen LogP contribution in [0.4, 0.5) is 0 Å². The monoisotopic (exact) mass is 151 g/mol. The second kappa shape index (κ2) is 3.49. The normalized spacial score (nSPS) is 13.0. The fourth-order valence-electron chi connectivity index (χ4n) is 0.951. The second-order valence-corrected chi connectivity index (χ2v) is 2.68. The first kappa shape index (κ1) is 8.21. The molecular formula is C9H13NO. The van der Waals surface area contributed by atoms with E-state index >= 15 is 0 Å². The SMILES string of the molecule is CC[C@@H](O)c1cc(C)ccn1. The molecule has 0 aliphatic rings. The van der Waals surface area contributed by atoms with E-state index in [-0.39, 0.29) is 0 Å². The summed E-state index contributed by atoms with van der Waals surface area (Å²) in [6.45, 7) is 3.93. The number of aliphatic hydroxyl groups is 1. The van der Waals surface area contributed by atoms with Crippen molar-refractivity contribution in [1.29, 1.82) is 0 Å². The van der Waals surface area contributed by atoms with Crippen molar-refractivity contribution < 1.29 is 5.11 Å². The van der Waals surface area contributed by atoms with E-state index in [1.165, 1.54) is 0 Å². The van der Waals surface area contributed by atoms with Gasteiger partial charge in [0.15, 0.2) is 0 Å². The predicted molar refractivity (Wildman–Crippen MR) is 44.2 cm³/mol. The summed E-state index contributed by atoms with van der Waals surface area (Å²) in [7, 11) is 0. The lowest BCUT2D eigenvalue weighted by Crippen LogP contribution is -1.98. The van der Waals surface area contributed by atoms with Gasteiger partial charge in [-0.15, -0.1) is 0 Å². The predicted octanol–water partition coefficient (Wildman–Crippen LogP) is 1.83. The molecule has 0 fully saturated rings. The summed E-state index contributed by atoms with van der Waals surface area (Å²) in [5.41, 5.74) is 1.91. The van der Waals surface area contributed by atoms with Crippen LogP contribution >= 0.6 is 0 Å². The lowest BCUT2D eigenvalue weighted by molar-refractivity contribution is 0.169. The Morgan fingerprint density at radius 2 is 2.36 bits per heavy atom. The fourth-order valence-corrected chi connectivity index (χ4v) is 0.951. The molecular weight excluding hydrogens is 138 g/mol. The average Bonchev–Trinajstić information content (AvgIpc) is 2.03. The van der Waals surface area contributed by atoms with Crippen molar-refractivity contribution in [1.82, 2.24) is 4.98 Å². The molecule has 0 aromatic carbocycles. The van der Waals surface area contributed by atoms with Gasteiger partial charge in [-0.25, -0.2) is 0 Å². The number of pyridine rings is 1. The van der Waals surface area contributed by atoms with Crippen molar-refractivity contribution in [2.45, 2.75) is 26.4 Å². The van der Waals surface area contributed by atoms with Gasteiger partial charge in [0.25, 0.3) is 0 Å². The van der Waals surface area contributed by atoms with Gasteiger partial charge in [0.1, 0.15) is 0 Å². The fraction of sp³-hybridized carbons (Fsp3) is 0.444. The van der Waals surface area contributed by atoms with Gasteiger partial charge < -0.3 is 5.11 Å². The van der Waals surface area contributed by atoms with Crippen LogP contribution in [-0.2, 0) is 0 Å². The molecule has 1 aromatic rings. The summed E-state index contributed by atoms with van der Waals surface area (Å²) in [6, 6.07) is 3.83. The van der Waals surface area contributed by atoms with Crippen LogP contribution in [0, 0.1) is 6.92 Å². The Bertz CT molecular complexity index is 235. The smallest absolute Gasteiger partial charge is 0.0957 e. The molecule has 1 aromatic heterocycles. The summed E-state index contributed by atoms with van der Waals surface area (Å²) >= 11 is 0. The maximum Gasteiger partial charge on any atom is 0.0957 e. The molecule has 11 heavy (non-hydrogen) atoms. The number of hydrogen-bond donors (Lipinski definition) is 1. The van der Waals surface area contributed by atoms with E-state index in [0.29, 0.717) is 0 Å². The number of aliphatic hydroxyl groups excluding tert-OH is 1. The lowest BCUT2D eigenvalue weighted by Gasteiger charge is -2.06. The van der Waals surface area contributed by atoms with Gasteiger partial charge in [-0.1, -0.05) is 6.92 Å². The molecule has 0 bridgehead atoms. The number of hydrogen-bond acceptors (Lipinski definition) is 2. The summed E-state index contributed by atoms with van der Waals surface area (Å²) in [5.74, 6) is 0. The Balaban J connectivity index is 2.86. The van der Waals surface area contributed by atoms with Crippen LogP contribution in [0.15, 0.2) is 18.3 Å². The van der Waals surface area contributed by atoms with E-state index in [1.807, 2.05) is 26.0 Å². The highest BCUT2D eigenvalue weighted by Crippen LogP contribution is 2.13. The molecule has 0 unspecified atom stereocenters. The zero-order valence-corrected chi connectivity index (χ0v) is 6.91. The van der Waals surface area contributed by atoms with Crippen LogP contribution in [0.2, 0.25) is 0 Å². The van der Waals surface area contributed by atoms with E-state index in [2.05, 4.69) is 4.98 Å². The highest BCUT2D eigenvalue weighted by atomic mass is 16.3. The summed E-state index contributed by atoms with van der Waals surface area (Å²) in [4.78, 5) is 4.06. The first-order chi connectivity index (χ1) is 5.24. The third kappa shape index (κ3) is 2.02. The Morgan fingerprint density at radius 1 is 1.64 bits per heavy atom. The van der Waals surface area contributed by atoms with Gasteiger partial charge in [0, 0.05) is 6.20 Å². The van der Waals surface area contributed by atoms with E-state index in [9.17, 15) is 5.11 Å². The maximum absolute atomic E-state index is 9.39. The van der Waals surface area contributed by atoms with Gasteiger partial charge in [-0.05, 0) is 31.0 Å². The minimum atomic E-state index is -0.408. The van der Waals surface area contributed by atoms with Crippen LogP contribution in [0.3, 0.4) is 0 Å². The molecule has 1 heterocycles. The first-order valence-corrected chi connectivity index (χ1v) is 3.84. The zero-order valence-electron chi connectivity index (χ0n) is 6.91. The summed E-state index contributed by atoms with van der Waals surface area (Å²) in [6.07, 6.45) is 2.04. The van der Waals surface area contributed by atoms with Crippen molar-refractivity contribution in [3.05, 3.63) is 29.6 Å². The van der Waals surface area contributed by atoms with Gasteiger partial charge >= 0.3 is 0 Å². The number of aryl methyl sites for hydroxylation is 1. The van der Waals surface area contributed by atoms with Crippen molar-refractivity contribution in [3.63, 3.8) is 0 Å². The van der Waals surface area contributed by atoms with Gasteiger partial charge in [0.05, 0.1) is 11.8 Å². The molecule has 0 aliphatic carbocycles. The summed E-state index contributed by atoms with van der Waals surface area (Å²) in [5, 5.41) is 9.39. The average molecular weight is 151 g/mol. The number of aromatic nitrogens is 1. The molecule has 60 valence electrons. The Morgan fingerprint density at radius 3 is 2.91 bits per heavy atom. The van der Waals surface area contributed by atoms with Crippen LogP contribution in [-0.4, -0.2) is 10.1 Å². The third-order valence-corrected chi connectivity index (χ3v) is 1.66. The number of rotatable bonds is 2. The van der Waals surface area contributed by atoms with E-state index in [0.717, 1.165) is 17.7 Å². The Kier molecular flexibility index (Phi) is 2.60. The van der Waals surface area contributed by atoms with Crippen LogP contribution in [0.5, 0.6) is 0 Å². The number of nitrogens with zero attached hydrogens (tertiary/aromatic N) is 1. The largest absolute Gasteiger partial charge is 0.387 e. The second-order valence-electron chi connectivity index (χ2n) is 2.68. The molecule has 0 saturated heterocycles. The van der Waals surface area contributed by atoms with Crippen LogP contribution < -0.4 is 0 Å². The van der Waals surface area contributed by atoms with Crippen LogP contribution in [0.1, 0.15) is 30.7 Å². The van der Waals surface area contributed by atoms with Crippen LogP contribution in [0.25, 0.3) is 0 Å². The molecule has 0 saturated carbocycles. The van der Waals surface area contributed by atoms with Gasteiger partial charge in [0.2, 0.25) is 0 Å². The maximum atomic E-state index is 9.39. The third-order valence-electron chi connectivity index (χ3n) is 1.66. The van der Waals surface area contributed by atoms with Gasteiger partial charge in [-0.2, -0.15) is 0 Å². The Hall–Kier alpha value is -0.890. The zero-order chi connectivity index (χ0) is 8.27. The molecule has 2 heteroatoms. The molecule has 0 aliphatic heterocycles. The molecule has 2 nitrogen and oxygen atoms in total. The summed E-state index contributed by atoms with van der Waals surface area (Å²) < 4.78 is 0. The molecule has 1 rings (SSSR count). The molecule has 0 amide bonds. The topological polar surface area (TPSA) is 33.1 Å². The Labute approximate surface area is 66.9 Å². The lowest BCUT2D eigenvalue weighted by atomic mass is 10.1. The van der Waals surface area contributed by atoms with Crippen molar-refractivity contribution in [3.8, 4) is 0 Å². The van der Waals surface area contributed by atoms with Crippen molar-refractivity contribution in [2.75, 3.05) is 0 Å². The molecule has 0 spiro atoms. The van der Waals surface area contributed by atoms with E-state index in [1.54, 1.807) is 6.20 Å². The molecule has 1 atom stereocenters. The quantitative estimate of drug-likeness (QED) is 0.699. The highest BCUT2D eigenvalue weighted by molar-refractivity contribution is 5.15. The van der Waals surface area contributed by atoms with Gasteiger partial charge in [-0.3, -0.25) is 4.98 Å². The van der Waals surface area contributed by atoms with E-state index in [4.69, 9.17) is 0 Å². The highest BCUT2D eigenvalue weighted by Gasteiger charge is 2.04. The first-order valence-electron chi connectivity index (χ1n) is 3.84. The standard InChI is InChI=1S/C9H13NO/c1-3-9(11)8-6-7(2)4-5-10-8/h4-6,9,11H,3H2,1-2H3/t9-/m1/s1. The van der Waals surface area contributed by atoms with Crippen molar-refractivity contribution in [2.24, 2.45) is 0 Å². The molecule has 1 N–H and O–H groups in total. The minimum Gasteiger partial charge on any atom is -0.387 e. The van der Waals surface area contributed by atoms with E-state index < -0.39 is 6.10 Å². The minimum absolute atomic E-state index is 0.408. The molecule has 0 radical (unpaired) electrons.